The molecule has 104 valence electrons. The summed E-state index contributed by atoms with van der Waals surface area (Å²) in [5, 5.41) is 8.81. The molecule has 0 aliphatic carbocycles. The van der Waals surface area contributed by atoms with Crippen LogP contribution < -0.4 is 4.74 Å². The lowest BCUT2D eigenvalue weighted by Gasteiger charge is -2.11. The number of ether oxygens (including phenoxy) is 1. The minimum absolute atomic E-state index is 0.0577. The van der Waals surface area contributed by atoms with Crippen molar-refractivity contribution in [2.24, 2.45) is 0 Å². The molecule has 20 heavy (non-hydrogen) atoms. The van der Waals surface area contributed by atoms with Gasteiger partial charge in [0, 0.05) is 0 Å². The Morgan fingerprint density at radius 1 is 1.20 bits per heavy atom. The summed E-state index contributed by atoms with van der Waals surface area (Å²) in [5.74, 6) is -1.04. The third-order valence-electron chi connectivity index (χ3n) is 2.77. The number of rotatable bonds is 4. The van der Waals surface area contributed by atoms with Gasteiger partial charge < -0.3 is 9.84 Å². The van der Waals surface area contributed by atoms with E-state index in [4.69, 9.17) is 21.4 Å². The van der Waals surface area contributed by atoms with Gasteiger partial charge in [-0.05, 0) is 42.3 Å². The summed E-state index contributed by atoms with van der Waals surface area (Å²) in [6.45, 7) is 1.45. The van der Waals surface area contributed by atoms with Gasteiger partial charge in [-0.25, -0.2) is 9.18 Å². The van der Waals surface area contributed by atoms with Crippen LogP contribution in [0.5, 0.6) is 5.75 Å². The third-order valence-corrected chi connectivity index (χ3v) is 3.06. The van der Waals surface area contributed by atoms with Crippen molar-refractivity contribution in [1.82, 2.24) is 0 Å². The molecule has 3 nitrogen and oxygen atoms in total. The molecule has 0 radical (unpaired) electrons. The minimum Gasteiger partial charge on any atom is -0.479 e. The molecule has 0 amide bonds. The van der Waals surface area contributed by atoms with E-state index in [2.05, 4.69) is 0 Å². The monoisotopic (exact) mass is 294 g/mol. The van der Waals surface area contributed by atoms with Crippen molar-refractivity contribution in [3.05, 3.63) is 53.3 Å². The van der Waals surface area contributed by atoms with Crippen molar-refractivity contribution >= 4 is 17.6 Å². The average molecular weight is 295 g/mol. The van der Waals surface area contributed by atoms with Crippen LogP contribution in [0.3, 0.4) is 0 Å². The molecule has 2 rings (SSSR count). The van der Waals surface area contributed by atoms with E-state index in [0.29, 0.717) is 5.75 Å². The Hall–Kier alpha value is -2.07. The smallest absolute Gasteiger partial charge is 0.344 e. The summed E-state index contributed by atoms with van der Waals surface area (Å²) in [5.41, 5.74) is 1.61. The zero-order valence-electron chi connectivity index (χ0n) is 10.6. The van der Waals surface area contributed by atoms with E-state index in [1.165, 1.54) is 19.1 Å². The predicted molar refractivity (Wildman–Crippen MR) is 74.6 cm³/mol. The maximum absolute atomic E-state index is 13.1. The molecule has 0 bridgehead atoms. The second-order valence-electron chi connectivity index (χ2n) is 4.25. The van der Waals surface area contributed by atoms with Crippen LogP contribution in [0, 0.1) is 5.82 Å². The summed E-state index contributed by atoms with van der Waals surface area (Å²) >= 11 is 5.73. The first kappa shape index (κ1) is 14.3. The highest BCUT2D eigenvalue weighted by Gasteiger charge is 2.12. The van der Waals surface area contributed by atoms with Crippen LogP contribution in [0.1, 0.15) is 6.92 Å². The highest BCUT2D eigenvalue weighted by Crippen LogP contribution is 2.26. The second-order valence-corrected chi connectivity index (χ2v) is 4.66. The number of aliphatic carboxylic acids is 1. The van der Waals surface area contributed by atoms with E-state index in [9.17, 15) is 9.18 Å². The van der Waals surface area contributed by atoms with Crippen molar-refractivity contribution in [3.8, 4) is 16.9 Å². The molecule has 2 aromatic carbocycles. The number of carboxylic acids is 1. The van der Waals surface area contributed by atoms with Crippen LogP contribution >= 0.6 is 11.6 Å². The first-order chi connectivity index (χ1) is 9.47. The number of halogens is 2. The van der Waals surface area contributed by atoms with Crippen molar-refractivity contribution in [1.29, 1.82) is 0 Å². The predicted octanol–water partition coefficient (Wildman–Crippen LogP) is 4.00. The maximum Gasteiger partial charge on any atom is 0.344 e. The van der Waals surface area contributed by atoms with E-state index >= 15 is 0 Å². The van der Waals surface area contributed by atoms with Gasteiger partial charge in [-0.1, -0.05) is 29.8 Å². The van der Waals surface area contributed by atoms with Crippen LogP contribution in [-0.4, -0.2) is 17.2 Å². The fourth-order valence-corrected chi connectivity index (χ4v) is 1.84. The van der Waals surface area contributed by atoms with Gasteiger partial charge in [0.1, 0.15) is 11.6 Å². The van der Waals surface area contributed by atoms with Crippen LogP contribution in [-0.2, 0) is 4.79 Å². The molecule has 5 heteroatoms. The molecule has 0 aliphatic rings. The Balaban J connectivity index is 2.19. The molecule has 0 saturated carbocycles. The Morgan fingerprint density at radius 3 is 2.35 bits per heavy atom. The molecule has 1 unspecified atom stereocenters. The van der Waals surface area contributed by atoms with E-state index in [-0.39, 0.29) is 5.02 Å². The zero-order valence-corrected chi connectivity index (χ0v) is 11.4. The standard InChI is InChI=1S/C15H12ClFO3/c1-9(15(18)19)20-12-5-2-10(3-6-12)11-4-7-14(17)13(16)8-11/h2-9H,1H3,(H,18,19). The van der Waals surface area contributed by atoms with Crippen molar-refractivity contribution in [2.75, 3.05) is 0 Å². The third kappa shape index (κ3) is 3.27. The number of hydrogen-bond acceptors (Lipinski definition) is 2. The lowest BCUT2D eigenvalue weighted by molar-refractivity contribution is -0.144. The fourth-order valence-electron chi connectivity index (χ4n) is 1.66. The van der Waals surface area contributed by atoms with Gasteiger partial charge in [-0.3, -0.25) is 0 Å². The SMILES string of the molecule is CC(Oc1ccc(-c2ccc(F)c(Cl)c2)cc1)C(=O)O. The van der Waals surface area contributed by atoms with Crippen molar-refractivity contribution < 1.29 is 19.0 Å². The summed E-state index contributed by atoms with van der Waals surface area (Å²) in [7, 11) is 0. The molecule has 0 aliphatic heterocycles. The van der Waals surface area contributed by atoms with Gasteiger partial charge in [-0.15, -0.1) is 0 Å². The van der Waals surface area contributed by atoms with Crippen molar-refractivity contribution in [2.45, 2.75) is 13.0 Å². The van der Waals surface area contributed by atoms with Gasteiger partial charge >= 0.3 is 5.97 Å². The van der Waals surface area contributed by atoms with Crippen LogP contribution in [0.25, 0.3) is 11.1 Å². The molecule has 0 heterocycles. The number of hydrogen-bond donors (Lipinski definition) is 1. The van der Waals surface area contributed by atoms with E-state index in [1.807, 2.05) is 0 Å². The molecular weight excluding hydrogens is 283 g/mol. The van der Waals surface area contributed by atoms with Gasteiger partial charge in [0.05, 0.1) is 5.02 Å². The van der Waals surface area contributed by atoms with Crippen molar-refractivity contribution in [3.63, 3.8) is 0 Å². The molecule has 0 fully saturated rings. The minimum atomic E-state index is -1.03. The second kappa shape index (κ2) is 5.92. The molecular formula is C15H12ClFO3. The Morgan fingerprint density at radius 2 is 1.80 bits per heavy atom. The van der Waals surface area contributed by atoms with E-state index in [0.717, 1.165) is 11.1 Å². The fraction of sp³-hybridized carbons (Fsp3) is 0.133. The Bertz CT molecular complexity index is 626. The highest BCUT2D eigenvalue weighted by atomic mass is 35.5. The molecule has 1 N–H and O–H groups in total. The quantitative estimate of drug-likeness (QED) is 0.927. The summed E-state index contributed by atoms with van der Waals surface area (Å²) in [6, 6.07) is 11.3. The van der Waals surface area contributed by atoms with Gasteiger partial charge in [0.15, 0.2) is 6.10 Å². The van der Waals surface area contributed by atoms with Crippen LogP contribution in [0.15, 0.2) is 42.5 Å². The summed E-state index contributed by atoms with van der Waals surface area (Å²) in [4.78, 5) is 10.7. The van der Waals surface area contributed by atoms with Crippen LogP contribution in [0.2, 0.25) is 5.02 Å². The van der Waals surface area contributed by atoms with E-state index in [1.54, 1.807) is 30.3 Å². The lowest BCUT2D eigenvalue weighted by Crippen LogP contribution is -2.22. The Labute approximate surface area is 120 Å². The maximum atomic E-state index is 13.1. The van der Waals surface area contributed by atoms with Gasteiger partial charge in [-0.2, -0.15) is 0 Å². The number of carbonyl (C=O) groups is 1. The molecule has 0 saturated heterocycles. The zero-order chi connectivity index (χ0) is 14.7. The molecule has 2 aromatic rings. The first-order valence-electron chi connectivity index (χ1n) is 5.92. The highest BCUT2D eigenvalue weighted by molar-refractivity contribution is 6.31. The molecule has 0 spiro atoms. The van der Waals surface area contributed by atoms with Crippen LogP contribution in [0.4, 0.5) is 4.39 Å². The van der Waals surface area contributed by atoms with E-state index < -0.39 is 17.9 Å². The molecule has 1 atom stereocenters. The number of carboxylic acid groups (broad SMARTS) is 1. The summed E-state index contributed by atoms with van der Waals surface area (Å²) < 4.78 is 18.3. The van der Waals surface area contributed by atoms with Gasteiger partial charge in [0.2, 0.25) is 0 Å². The number of benzene rings is 2. The average Bonchev–Trinajstić information content (AvgIpc) is 2.42. The van der Waals surface area contributed by atoms with Gasteiger partial charge in [0.25, 0.3) is 0 Å². The Kier molecular flexibility index (Phi) is 4.25. The topological polar surface area (TPSA) is 46.5 Å². The summed E-state index contributed by atoms with van der Waals surface area (Å²) in [6.07, 6.45) is -0.916. The lowest BCUT2D eigenvalue weighted by atomic mass is 10.1. The first-order valence-corrected chi connectivity index (χ1v) is 6.30. The largest absolute Gasteiger partial charge is 0.479 e. The molecule has 0 aromatic heterocycles. The normalized spacial score (nSPS) is 11.9.